The Bertz CT molecular complexity index is 571. The van der Waals surface area contributed by atoms with Crippen molar-refractivity contribution in [3.63, 3.8) is 0 Å². The van der Waals surface area contributed by atoms with E-state index in [1.807, 2.05) is 52.7 Å². The molecule has 0 aromatic carbocycles. The maximum absolute atomic E-state index is 12.5. The highest BCUT2D eigenvalue weighted by Crippen LogP contribution is 2.24. The molecule has 0 bridgehead atoms. The number of hydrogen-bond donors (Lipinski definition) is 0. The lowest BCUT2D eigenvalue weighted by Crippen LogP contribution is -2.37. The SMILES string of the molecule is Cc1nc(-n2cccc2)sc1C(=O)N1CCSCC1. The van der Waals surface area contributed by atoms with E-state index in [1.54, 1.807) is 0 Å². The second-order valence-corrected chi connectivity index (χ2v) is 6.61. The minimum absolute atomic E-state index is 0.133. The summed E-state index contributed by atoms with van der Waals surface area (Å²) in [5.74, 6) is 2.20. The predicted octanol–water partition coefficient (Wildman–Crippen LogP) is 2.43. The van der Waals surface area contributed by atoms with Crippen molar-refractivity contribution in [3.05, 3.63) is 35.1 Å². The molecule has 3 rings (SSSR count). The normalized spacial score (nSPS) is 15.7. The van der Waals surface area contributed by atoms with Crippen molar-refractivity contribution >= 4 is 29.0 Å². The van der Waals surface area contributed by atoms with Crippen LogP contribution in [-0.4, -0.2) is 45.0 Å². The topological polar surface area (TPSA) is 38.1 Å². The fourth-order valence-electron chi connectivity index (χ4n) is 2.06. The summed E-state index contributed by atoms with van der Waals surface area (Å²) in [6, 6.07) is 3.92. The molecule has 1 fully saturated rings. The van der Waals surface area contributed by atoms with E-state index in [2.05, 4.69) is 4.98 Å². The molecule has 0 aliphatic carbocycles. The first-order valence-electron chi connectivity index (χ1n) is 6.23. The van der Waals surface area contributed by atoms with Gasteiger partial charge in [-0.1, -0.05) is 11.3 Å². The lowest BCUT2D eigenvalue weighted by Gasteiger charge is -2.25. The first-order chi connectivity index (χ1) is 9.25. The maximum atomic E-state index is 12.5. The van der Waals surface area contributed by atoms with Gasteiger partial charge in [0.1, 0.15) is 4.88 Å². The third-order valence-electron chi connectivity index (χ3n) is 3.10. The number of carbonyl (C=O) groups excluding carboxylic acids is 1. The Morgan fingerprint density at radius 3 is 2.63 bits per heavy atom. The molecule has 1 saturated heterocycles. The Hall–Kier alpha value is -1.27. The van der Waals surface area contributed by atoms with Crippen LogP contribution >= 0.6 is 23.1 Å². The number of nitrogens with zero attached hydrogens (tertiary/aromatic N) is 3. The van der Waals surface area contributed by atoms with Crippen LogP contribution < -0.4 is 0 Å². The summed E-state index contributed by atoms with van der Waals surface area (Å²) < 4.78 is 1.94. The van der Waals surface area contributed by atoms with Crippen molar-refractivity contribution in [1.82, 2.24) is 14.5 Å². The number of rotatable bonds is 2. The summed E-state index contributed by atoms with van der Waals surface area (Å²) in [5.41, 5.74) is 0.830. The van der Waals surface area contributed by atoms with Crippen molar-refractivity contribution in [3.8, 4) is 5.13 Å². The van der Waals surface area contributed by atoms with Crippen LogP contribution in [0, 0.1) is 6.92 Å². The van der Waals surface area contributed by atoms with E-state index in [4.69, 9.17) is 0 Å². The molecule has 19 heavy (non-hydrogen) atoms. The number of thiazole rings is 1. The summed E-state index contributed by atoms with van der Waals surface area (Å²) in [7, 11) is 0. The van der Waals surface area contributed by atoms with Gasteiger partial charge in [-0.2, -0.15) is 11.8 Å². The molecule has 6 heteroatoms. The second-order valence-electron chi connectivity index (χ2n) is 4.41. The minimum Gasteiger partial charge on any atom is -0.336 e. The van der Waals surface area contributed by atoms with E-state index in [1.165, 1.54) is 11.3 Å². The van der Waals surface area contributed by atoms with Crippen LogP contribution in [0.15, 0.2) is 24.5 Å². The van der Waals surface area contributed by atoms with Crippen LogP contribution in [0.5, 0.6) is 0 Å². The van der Waals surface area contributed by atoms with Gasteiger partial charge in [0.25, 0.3) is 5.91 Å². The van der Waals surface area contributed by atoms with Crippen molar-refractivity contribution in [2.24, 2.45) is 0 Å². The largest absolute Gasteiger partial charge is 0.336 e. The highest BCUT2D eigenvalue weighted by atomic mass is 32.2. The van der Waals surface area contributed by atoms with Gasteiger partial charge in [0.05, 0.1) is 5.69 Å². The monoisotopic (exact) mass is 293 g/mol. The van der Waals surface area contributed by atoms with Gasteiger partial charge in [-0.15, -0.1) is 0 Å². The van der Waals surface area contributed by atoms with Crippen molar-refractivity contribution in [2.45, 2.75) is 6.92 Å². The van der Waals surface area contributed by atoms with Crippen LogP contribution in [0.2, 0.25) is 0 Å². The Morgan fingerprint density at radius 1 is 1.26 bits per heavy atom. The van der Waals surface area contributed by atoms with Crippen LogP contribution in [0.1, 0.15) is 15.4 Å². The zero-order valence-electron chi connectivity index (χ0n) is 10.7. The summed E-state index contributed by atoms with van der Waals surface area (Å²) in [5, 5.41) is 0.859. The third kappa shape index (κ3) is 2.55. The molecular formula is C13H15N3OS2. The number of aryl methyl sites for hydroxylation is 1. The van der Waals surface area contributed by atoms with Gasteiger partial charge in [0.15, 0.2) is 5.13 Å². The molecule has 0 spiro atoms. The first-order valence-corrected chi connectivity index (χ1v) is 8.20. The molecule has 2 aromatic heterocycles. The number of amides is 1. The second kappa shape index (κ2) is 5.38. The third-order valence-corrected chi connectivity index (χ3v) is 5.20. The predicted molar refractivity (Wildman–Crippen MR) is 79.4 cm³/mol. The summed E-state index contributed by atoms with van der Waals surface area (Å²) >= 11 is 3.38. The van der Waals surface area contributed by atoms with Crippen LogP contribution in [0.4, 0.5) is 0 Å². The van der Waals surface area contributed by atoms with Crippen molar-refractivity contribution < 1.29 is 4.79 Å². The first kappa shape index (κ1) is 12.7. The molecule has 1 aliphatic rings. The molecule has 3 heterocycles. The average molecular weight is 293 g/mol. The van der Waals surface area contributed by atoms with Gasteiger partial charge < -0.3 is 9.47 Å². The van der Waals surface area contributed by atoms with Crippen molar-refractivity contribution in [1.29, 1.82) is 0 Å². The molecular weight excluding hydrogens is 278 g/mol. The molecule has 100 valence electrons. The Morgan fingerprint density at radius 2 is 1.95 bits per heavy atom. The molecule has 0 atom stereocenters. The summed E-state index contributed by atoms with van der Waals surface area (Å²) in [6.45, 7) is 3.61. The Balaban J connectivity index is 1.86. The lowest BCUT2D eigenvalue weighted by molar-refractivity contribution is 0.0776. The van der Waals surface area contributed by atoms with E-state index in [0.29, 0.717) is 0 Å². The maximum Gasteiger partial charge on any atom is 0.265 e. The van der Waals surface area contributed by atoms with Crippen molar-refractivity contribution in [2.75, 3.05) is 24.6 Å². The number of hydrogen-bond acceptors (Lipinski definition) is 4. The van der Waals surface area contributed by atoms with Gasteiger partial charge in [0, 0.05) is 37.0 Å². The van der Waals surface area contributed by atoms with Gasteiger partial charge in [0.2, 0.25) is 0 Å². The van der Waals surface area contributed by atoms with Gasteiger partial charge in [-0.05, 0) is 19.1 Å². The standard InChI is InChI=1S/C13H15N3OS2/c1-10-11(12(17)15-6-8-18-9-7-15)19-13(14-10)16-4-2-3-5-16/h2-5H,6-9H2,1H3. The fourth-order valence-corrected chi connectivity index (χ4v) is 3.97. The molecule has 0 radical (unpaired) electrons. The van der Waals surface area contributed by atoms with Crippen LogP contribution in [-0.2, 0) is 0 Å². The van der Waals surface area contributed by atoms with Gasteiger partial charge in [-0.25, -0.2) is 4.98 Å². The number of thioether (sulfide) groups is 1. The highest BCUT2D eigenvalue weighted by Gasteiger charge is 2.23. The van der Waals surface area contributed by atoms with E-state index in [9.17, 15) is 4.79 Å². The zero-order chi connectivity index (χ0) is 13.2. The molecule has 4 nitrogen and oxygen atoms in total. The smallest absolute Gasteiger partial charge is 0.265 e. The molecule has 2 aromatic rings. The van der Waals surface area contributed by atoms with E-state index < -0.39 is 0 Å². The molecule has 0 unspecified atom stereocenters. The molecule has 0 N–H and O–H groups in total. The van der Waals surface area contributed by atoms with Crippen LogP contribution in [0.25, 0.3) is 5.13 Å². The van der Waals surface area contributed by atoms with Crippen LogP contribution in [0.3, 0.4) is 0 Å². The summed E-state index contributed by atoms with van der Waals surface area (Å²) in [6.07, 6.45) is 3.90. The van der Waals surface area contributed by atoms with E-state index >= 15 is 0 Å². The summed E-state index contributed by atoms with van der Waals surface area (Å²) in [4.78, 5) is 19.7. The highest BCUT2D eigenvalue weighted by molar-refractivity contribution is 7.99. The fraction of sp³-hybridized carbons (Fsp3) is 0.385. The van der Waals surface area contributed by atoms with E-state index in [0.717, 1.165) is 40.3 Å². The quantitative estimate of drug-likeness (QED) is 0.853. The Labute approximate surface area is 120 Å². The average Bonchev–Trinajstić information content (AvgIpc) is 3.08. The Kier molecular flexibility index (Phi) is 3.61. The molecule has 1 aliphatic heterocycles. The number of carbonyl (C=O) groups is 1. The molecule has 0 saturated carbocycles. The van der Waals surface area contributed by atoms with Gasteiger partial charge >= 0.3 is 0 Å². The zero-order valence-corrected chi connectivity index (χ0v) is 12.3. The lowest BCUT2D eigenvalue weighted by atomic mass is 10.3. The van der Waals surface area contributed by atoms with Gasteiger partial charge in [-0.3, -0.25) is 4.79 Å². The number of aromatic nitrogens is 2. The van der Waals surface area contributed by atoms with E-state index in [-0.39, 0.29) is 5.91 Å². The minimum atomic E-state index is 0.133. The molecule has 1 amide bonds.